The Bertz CT molecular complexity index is 496. The van der Waals surface area contributed by atoms with E-state index in [4.69, 9.17) is 17.4 Å². The van der Waals surface area contributed by atoms with Crippen molar-refractivity contribution in [2.24, 2.45) is 11.8 Å². The number of nitrogens with two attached hydrogens (primary N) is 1. The van der Waals surface area contributed by atoms with Crippen LogP contribution in [0.1, 0.15) is 23.7 Å². The van der Waals surface area contributed by atoms with E-state index in [0.717, 1.165) is 19.5 Å². The number of hydrogen-bond acceptors (Lipinski definition) is 5. The molecule has 1 saturated heterocycles. The van der Waals surface area contributed by atoms with E-state index in [2.05, 4.69) is 34.6 Å². The number of anilines is 1. The van der Waals surface area contributed by atoms with Crippen molar-refractivity contribution in [3.8, 4) is 0 Å². The molecule has 0 radical (unpaired) electrons. The van der Waals surface area contributed by atoms with Gasteiger partial charge in [0.15, 0.2) is 0 Å². The number of nitrogens with one attached hydrogen (secondary N) is 2. The summed E-state index contributed by atoms with van der Waals surface area (Å²) in [5.74, 6) is 5.95. The minimum atomic E-state index is -0.146. The molecule has 2 unspecified atom stereocenters. The Hall–Kier alpha value is -1.37. The minimum absolute atomic E-state index is 0.146. The van der Waals surface area contributed by atoms with E-state index in [1.54, 1.807) is 6.07 Å². The van der Waals surface area contributed by atoms with E-state index in [1.165, 1.54) is 6.07 Å². The number of hydrazine groups is 1. The number of aromatic nitrogens is 1. The van der Waals surface area contributed by atoms with Crippen molar-refractivity contribution in [2.75, 3.05) is 25.6 Å². The number of carbonyl (C=O) groups is 1. The maximum atomic E-state index is 12.3. The van der Waals surface area contributed by atoms with Gasteiger partial charge in [-0.25, -0.2) is 10.8 Å². The first-order valence-corrected chi connectivity index (χ1v) is 7.01. The molecule has 1 aromatic rings. The summed E-state index contributed by atoms with van der Waals surface area (Å²) >= 11 is 5.87. The third kappa shape index (κ3) is 3.59. The molecule has 1 amide bonds. The van der Waals surface area contributed by atoms with Crippen molar-refractivity contribution in [3.05, 3.63) is 22.8 Å². The van der Waals surface area contributed by atoms with Gasteiger partial charge in [0.2, 0.25) is 0 Å². The summed E-state index contributed by atoms with van der Waals surface area (Å²) in [5.41, 5.74) is 2.86. The lowest BCUT2D eigenvalue weighted by Gasteiger charge is -2.35. The Labute approximate surface area is 123 Å². The molecule has 1 aliphatic rings. The van der Waals surface area contributed by atoms with Crippen LogP contribution in [0.4, 0.5) is 5.82 Å². The maximum Gasteiger partial charge on any atom is 0.251 e. The number of carbonyl (C=O) groups excluding carboxylic acids is 1. The smallest absolute Gasteiger partial charge is 0.251 e. The molecule has 0 saturated carbocycles. The van der Waals surface area contributed by atoms with Gasteiger partial charge >= 0.3 is 0 Å². The number of nitrogens with zero attached hydrogens (tertiary/aromatic N) is 2. The van der Waals surface area contributed by atoms with Gasteiger partial charge in [-0.2, -0.15) is 0 Å². The number of likely N-dealkylation sites (tertiary alicyclic amines) is 1. The number of pyridine rings is 1. The van der Waals surface area contributed by atoms with Gasteiger partial charge in [0.25, 0.3) is 5.91 Å². The number of halogens is 1. The number of hydrogen-bond donors (Lipinski definition) is 3. The second-order valence-electron chi connectivity index (χ2n) is 5.32. The summed E-state index contributed by atoms with van der Waals surface area (Å²) in [4.78, 5) is 18.5. The van der Waals surface area contributed by atoms with E-state index in [9.17, 15) is 4.79 Å². The highest BCUT2D eigenvalue weighted by molar-refractivity contribution is 6.29. The van der Waals surface area contributed by atoms with Crippen molar-refractivity contribution < 1.29 is 4.79 Å². The fraction of sp³-hybridized carbons (Fsp3) is 0.538. The van der Waals surface area contributed by atoms with Crippen LogP contribution in [0.15, 0.2) is 12.1 Å². The average Bonchev–Trinajstić information content (AvgIpc) is 2.41. The van der Waals surface area contributed by atoms with E-state index in [0.29, 0.717) is 17.3 Å². The maximum absolute atomic E-state index is 12.3. The second-order valence-corrected chi connectivity index (χ2v) is 5.70. The van der Waals surface area contributed by atoms with E-state index in [1.807, 2.05) is 0 Å². The highest BCUT2D eigenvalue weighted by Gasteiger charge is 2.26. The Morgan fingerprint density at radius 3 is 2.95 bits per heavy atom. The molecule has 2 heterocycles. The van der Waals surface area contributed by atoms with Crippen LogP contribution in [0.3, 0.4) is 0 Å². The number of nitrogen functional groups attached to an aromatic ring is 1. The second kappa shape index (κ2) is 6.39. The summed E-state index contributed by atoms with van der Waals surface area (Å²) in [7, 11) is 2.09. The van der Waals surface area contributed by atoms with Crippen LogP contribution < -0.4 is 16.6 Å². The van der Waals surface area contributed by atoms with Crippen molar-refractivity contribution in [3.63, 3.8) is 0 Å². The Morgan fingerprint density at radius 2 is 2.30 bits per heavy atom. The first-order valence-electron chi connectivity index (χ1n) is 6.63. The summed E-state index contributed by atoms with van der Waals surface area (Å²) in [6.07, 6.45) is 0.949. The lowest BCUT2D eigenvalue weighted by atomic mass is 9.94. The van der Waals surface area contributed by atoms with Crippen molar-refractivity contribution >= 4 is 23.3 Å². The number of rotatable bonds is 3. The van der Waals surface area contributed by atoms with Gasteiger partial charge in [-0.3, -0.25) is 4.79 Å². The monoisotopic (exact) mass is 297 g/mol. The fourth-order valence-electron chi connectivity index (χ4n) is 2.52. The van der Waals surface area contributed by atoms with Crippen LogP contribution in [-0.2, 0) is 0 Å². The first-order chi connectivity index (χ1) is 9.49. The summed E-state index contributed by atoms with van der Waals surface area (Å²) < 4.78 is 0. The topological polar surface area (TPSA) is 83.3 Å². The fourth-order valence-corrected chi connectivity index (χ4v) is 2.73. The highest BCUT2D eigenvalue weighted by Crippen LogP contribution is 2.18. The quantitative estimate of drug-likeness (QED) is 0.442. The SMILES string of the molecule is CC1CN(C)CCC1NC(=O)c1cc(Cl)nc(NN)c1. The van der Waals surface area contributed by atoms with Crippen LogP contribution in [-0.4, -0.2) is 42.0 Å². The predicted octanol–water partition coefficient (Wildman–Crippen LogP) is 1.09. The molecule has 0 aromatic carbocycles. The van der Waals surface area contributed by atoms with Gasteiger partial charge in [-0.1, -0.05) is 18.5 Å². The van der Waals surface area contributed by atoms with Gasteiger partial charge in [0.05, 0.1) is 0 Å². The largest absolute Gasteiger partial charge is 0.349 e. The number of amides is 1. The van der Waals surface area contributed by atoms with Gasteiger partial charge < -0.3 is 15.6 Å². The third-order valence-electron chi connectivity index (χ3n) is 3.63. The van der Waals surface area contributed by atoms with Crippen LogP contribution >= 0.6 is 11.6 Å². The molecule has 110 valence electrons. The van der Waals surface area contributed by atoms with Crippen molar-refractivity contribution in [1.82, 2.24) is 15.2 Å². The molecule has 0 aliphatic carbocycles. The van der Waals surface area contributed by atoms with Crippen LogP contribution in [0.25, 0.3) is 0 Å². The third-order valence-corrected chi connectivity index (χ3v) is 3.82. The van der Waals surface area contributed by atoms with Crippen molar-refractivity contribution in [2.45, 2.75) is 19.4 Å². The zero-order valence-corrected chi connectivity index (χ0v) is 12.4. The first kappa shape index (κ1) is 15.0. The Balaban J connectivity index is 2.06. The Morgan fingerprint density at radius 1 is 1.55 bits per heavy atom. The van der Waals surface area contributed by atoms with E-state index < -0.39 is 0 Å². The lowest BCUT2D eigenvalue weighted by molar-refractivity contribution is 0.0884. The van der Waals surface area contributed by atoms with Crippen molar-refractivity contribution in [1.29, 1.82) is 0 Å². The summed E-state index contributed by atoms with van der Waals surface area (Å²) in [5, 5.41) is 3.30. The van der Waals surface area contributed by atoms with E-state index in [-0.39, 0.29) is 17.1 Å². The number of piperidine rings is 1. The standard InChI is InChI=1S/C13H20ClN5O/c1-8-7-19(2)4-3-10(8)16-13(20)9-5-11(14)17-12(6-9)18-15/h5-6,8,10H,3-4,7,15H2,1-2H3,(H,16,20)(H,17,18). The molecule has 6 nitrogen and oxygen atoms in total. The minimum Gasteiger partial charge on any atom is -0.349 e. The molecule has 1 aliphatic heterocycles. The molecule has 1 aromatic heterocycles. The van der Waals surface area contributed by atoms with Gasteiger partial charge in [-0.15, -0.1) is 0 Å². The molecule has 4 N–H and O–H groups in total. The van der Waals surface area contributed by atoms with Gasteiger partial charge in [0, 0.05) is 18.2 Å². The van der Waals surface area contributed by atoms with Gasteiger partial charge in [0.1, 0.15) is 11.0 Å². The zero-order chi connectivity index (χ0) is 14.7. The molecule has 0 bridgehead atoms. The Kier molecular flexibility index (Phi) is 4.80. The van der Waals surface area contributed by atoms with Crippen LogP contribution in [0, 0.1) is 5.92 Å². The molecule has 2 rings (SSSR count). The summed E-state index contributed by atoms with van der Waals surface area (Å²) in [6, 6.07) is 3.30. The molecule has 7 heteroatoms. The van der Waals surface area contributed by atoms with Crippen LogP contribution in [0.5, 0.6) is 0 Å². The normalized spacial score (nSPS) is 23.4. The highest BCUT2D eigenvalue weighted by atomic mass is 35.5. The van der Waals surface area contributed by atoms with E-state index >= 15 is 0 Å². The zero-order valence-electron chi connectivity index (χ0n) is 11.7. The molecule has 20 heavy (non-hydrogen) atoms. The molecule has 2 atom stereocenters. The predicted molar refractivity (Wildman–Crippen MR) is 79.6 cm³/mol. The lowest BCUT2D eigenvalue weighted by Crippen LogP contribution is -2.48. The molecular weight excluding hydrogens is 278 g/mol. The van der Waals surface area contributed by atoms with Crippen LogP contribution in [0.2, 0.25) is 5.15 Å². The van der Waals surface area contributed by atoms with Gasteiger partial charge in [-0.05, 0) is 38.1 Å². The molecule has 0 spiro atoms. The average molecular weight is 298 g/mol. The molecular formula is C13H20ClN5O. The summed E-state index contributed by atoms with van der Waals surface area (Å²) in [6.45, 7) is 4.12. The molecule has 1 fully saturated rings.